The van der Waals surface area contributed by atoms with Crippen LogP contribution in [0.5, 0.6) is 0 Å². The van der Waals surface area contributed by atoms with E-state index in [1.807, 2.05) is 19.1 Å². The van der Waals surface area contributed by atoms with Crippen LogP contribution in [0.25, 0.3) is 11.6 Å². The third-order valence-corrected chi connectivity index (χ3v) is 8.22. The van der Waals surface area contributed by atoms with E-state index in [-0.39, 0.29) is 9.78 Å². The largest absolute Gasteiger partial charge is 0.478 e. The zero-order chi connectivity index (χ0) is 17.3. The number of hydrogen-bond acceptors (Lipinski definition) is 5. The monoisotopic (exact) mass is 383 g/mol. The minimum Gasteiger partial charge on any atom is -0.478 e. The van der Waals surface area contributed by atoms with E-state index < -0.39 is 16.0 Å². The lowest BCUT2D eigenvalue weighted by molar-refractivity contribution is -0.130. The van der Waals surface area contributed by atoms with Crippen LogP contribution in [0.1, 0.15) is 27.5 Å². The van der Waals surface area contributed by atoms with Crippen LogP contribution >= 0.6 is 22.7 Å². The number of rotatable bonds is 5. The van der Waals surface area contributed by atoms with E-state index in [1.165, 1.54) is 21.7 Å². The Morgan fingerprint density at radius 1 is 1.17 bits per heavy atom. The highest BCUT2D eigenvalue weighted by Gasteiger charge is 2.29. The van der Waals surface area contributed by atoms with Crippen molar-refractivity contribution in [1.29, 1.82) is 0 Å². The Morgan fingerprint density at radius 3 is 2.46 bits per heavy atom. The first kappa shape index (κ1) is 17.3. The summed E-state index contributed by atoms with van der Waals surface area (Å²) < 4.78 is 26.8. The lowest BCUT2D eigenvalue weighted by atomic mass is 10.2. The lowest BCUT2D eigenvalue weighted by Gasteiger charge is -2.13. The number of aryl methyl sites for hydroxylation is 1. The van der Waals surface area contributed by atoms with Crippen molar-refractivity contribution in [1.82, 2.24) is 4.31 Å². The first-order valence-electron chi connectivity index (χ1n) is 7.50. The van der Waals surface area contributed by atoms with Crippen LogP contribution in [0, 0.1) is 6.92 Å². The second-order valence-electron chi connectivity index (χ2n) is 5.54. The molecule has 0 bridgehead atoms. The number of carbonyl (C=O) groups is 1. The maximum atomic E-state index is 12.6. The Bertz CT molecular complexity index is 886. The summed E-state index contributed by atoms with van der Waals surface area (Å²) in [5.41, 5.74) is 0.115. The van der Waals surface area contributed by atoms with Crippen LogP contribution < -0.4 is 0 Å². The van der Waals surface area contributed by atoms with Gasteiger partial charge in [0.1, 0.15) is 4.21 Å². The van der Waals surface area contributed by atoms with E-state index >= 15 is 0 Å². The highest BCUT2D eigenvalue weighted by Crippen LogP contribution is 2.32. The van der Waals surface area contributed by atoms with Gasteiger partial charge in [0.2, 0.25) is 0 Å². The molecule has 0 aromatic carbocycles. The van der Waals surface area contributed by atoms with Crippen LogP contribution in [-0.4, -0.2) is 36.9 Å². The first-order valence-corrected chi connectivity index (χ1v) is 10.6. The molecule has 0 atom stereocenters. The molecular formula is C16H17NO4S3. The molecule has 3 heterocycles. The highest BCUT2D eigenvalue weighted by molar-refractivity contribution is 7.91. The maximum absolute atomic E-state index is 12.6. The van der Waals surface area contributed by atoms with E-state index in [9.17, 15) is 18.3 Å². The van der Waals surface area contributed by atoms with Crippen LogP contribution in [0.15, 0.2) is 28.5 Å². The van der Waals surface area contributed by atoms with Crippen molar-refractivity contribution in [2.45, 2.75) is 24.0 Å². The predicted molar refractivity (Wildman–Crippen MR) is 96.9 cm³/mol. The van der Waals surface area contributed by atoms with Crippen LogP contribution in [0.2, 0.25) is 0 Å². The fraction of sp³-hybridized carbons (Fsp3) is 0.312. The number of carboxylic acids is 1. The number of nitrogens with zero attached hydrogens (tertiary/aromatic N) is 1. The second-order valence-corrected chi connectivity index (χ2v) is 10.1. The molecule has 1 fully saturated rings. The topological polar surface area (TPSA) is 74.7 Å². The Kier molecular flexibility index (Phi) is 4.91. The molecular weight excluding hydrogens is 366 g/mol. The minimum absolute atomic E-state index is 0.115. The summed E-state index contributed by atoms with van der Waals surface area (Å²) in [6, 6.07) is 6.87. The van der Waals surface area contributed by atoms with Gasteiger partial charge in [0.05, 0.1) is 5.57 Å². The average molecular weight is 384 g/mol. The third kappa shape index (κ3) is 3.46. The Balaban J connectivity index is 1.95. The van der Waals surface area contributed by atoms with Crippen molar-refractivity contribution in [3.05, 3.63) is 38.9 Å². The van der Waals surface area contributed by atoms with E-state index in [4.69, 9.17) is 0 Å². The molecule has 3 rings (SSSR count). The molecule has 0 unspecified atom stereocenters. The molecule has 1 aliphatic rings. The Morgan fingerprint density at radius 2 is 1.88 bits per heavy atom. The molecule has 8 heteroatoms. The molecule has 0 amide bonds. The highest BCUT2D eigenvalue weighted by atomic mass is 32.2. The van der Waals surface area contributed by atoms with Gasteiger partial charge in [-0.3, -0.25) is 0 Å². The summed E-state index contributed by atoms with van der Waals surface area (Å²) in [4.78, 5) is 14.0. The SMILES string of the molecule is Cc1ccc(/C=C(\C(=O)O)c2ccc(S(=O)(=O)N3CCCC3)s2)s1. The maximum Gasteiger partial charge on any atom is 0.337 e. The molecule has 5 nitrogen and oxygen atoms in total. The van der Waals surface area contributed by atoms with Gasteiger partial charge in [-0.25, -0.2) is 13.2 Å². The van der Waals surface area contributed by atoms with Gasteiger partial charge in [-0.2, -0.15) is 4.31 Å². The Labute approximate surface area is 148 Å². The van der Waals surface area contributed by atoms with Gasteiger partial charge in [0, 0.05) is 27.7 Å². The second kappa shape index (κ2) is 6.79. The molecule has 0 spiro atoms. The zero-order valence-electron chi connectivity index (χ0n) is 13.1. The van der Waals surface area contributed by atoms with Gasteiger partial charge in [0.25, 0.3) is 10.0 Å². The third-order valence-electron chi connectivity index (χ3n) is 3.78. The standard InChI is InChI=1S/C16H17NO4S3/c1-11-4-5-12(22-11)10-13(16(18)19)14-6-7-15(23-14)24(20,21)17-8-2-3-9-17/h4-7,10H,2-3,8-9H2,1H3,(H,18,19)/b13-10-. The normalized spacial score (nSPS) is 16.6. The van der Waals surface area contributed by atoms with Crippen molar-refractivity contribution in [3.8, 4) is 0 Å². The number of hydrogen-bond donors (Lipinski definition) is 1. The smallest absolute Gasteiger partial charge is 0.337 e. The van der Waals surface area contributed by atoms with E-state index in [0.717, 1.165) is 33.9 Å². The molecule has 2 aromatic rings. The van der Waals surface area contributed by atoms with Gasteiger partial charge in [-0.05, 0) is 50.1 Å². The molecule has 1 N–H and O–H groups in total. The summed E-state index contributed by atoms with van der Waals surface area (Å²) in [6.07, 6.45) is 3.34. The number of thiophene rings is 2. The van der Waals surface area contributed by atoms with Crippen molar-refractivity contribution in [2.75, 3.05) is 13.1 Å². The summed E-state index contributed by atoms with van der Waals surface area (Å²) in [5, 5.41) is 9.50. The summed E-state index contributed by atoms with van der Waals surface area (Å²) >= 11 is 2.51. The molecule has 128 valence electrons. The molecule has 1 aliphatic heterocycles. The number of sulfonamides is 1. The van der Waals surface area contributed by atoms with Crippen LogP contribution in [0.4, 0.5) is 0 Å². The van der Waals surface area contributed by atoms with Crippen molar-refractivity contribution < 1.29 is 18.3 Å². The van der Waals surface area contributed by atoms with Gasteiger partial charge in [-0.1, -0.05) is 0 Å². The lowest BCUT2D eigenvalue weighted by Crippen LogP contribution is -2.27. The Hall–Kier alpha value is -1.48. The van der Waals surface area contributed by atoms with Crippen LogP contribution in [-0.2, 0) is 14.8 Å². The van der Waals surface area contributed by atoms with Gasteiger partial charge >= 0.3 is 5.97 Å². The zero-order valence-corrected chi connectivity index (χ0v) is 15.5. The fourth-order valence-electron chi connectivity index (χ4n) is 2.57. The molecule has 0 radical (unpaired) electrons. The average Bonchev–Trinajstić information content (AvgIpc) is 3.26. The molecule has 0 saturated carbocycles. The van der Waals surface area contributed by atoms with E-state index in [1.54, 1.807) is 12.1 Å². The van der Waals surface area contributed by atoms with Crippen LogP contribution in [0.3, 0.4) is 0 Å². The van der Waals surface area contributed by atoms with Gasteiger partial charge in [-0.15, -0.1) is 22.7 Å². The molecule has 24 heavy (non-hydrogen) atoms. The van der Waals surface area contributed by atoms with Gasteiger partial charge in [0.15, 0.2) is 0 Å². The first-order chi connectivity index (χ1) is 11.4. The predicted octanol–water partition coefficient (Wildman–Crippen LogP) is 3.53. The quantitative estimate of drug-likeness (QED) is 0.802. The number of aliphatic carboxylic acids is 1. The van der Waals surface area contributed by atoms with E-state index in [2.05, 4.69) is 0 Å². The van der Waals surface area contributed by atoms with E-state index in [0.29, 0.717) is 18.0 Å². The molecule has 1 saturated heterocycles. The molecule has 2 aromatic heterocycles. The minimum atomic E-state index is -3.51. The van der Waals surface area contributed by atoms with Crippen molar-refractivity contribution >= 4 is 50.3 Å². The molecule has 0 aliphatic carbocycles. The number of carboxylic acid groups (broad SMARTS) is 1. The van der Waals surface area contributed by atoms with Gasteiger partial charge < -0.3 is 5.11 Å². The summed E-state index contributed by atoms with van der Waals surface area (Å²) in [7, 11) is -3.51. The fourth-order valence-corrected chi connectivity index (χ4v) is 6.38. The summed E-state index contributed by atoms with van der Waals surface area (Å²) in [5.74, 6) is -1.06. The van der Waals surface area contributed by atoms with Crippen molar-refractivity contribution in [3.63, 3.8) is 0 Å². The summed E-state index contributed by atoms with van der Waals surface area (Å²) in [6.45, 7) is 3.02. The van der Waals surface area contributed by atoms with Crippen molar-refractivity contribution in [2.24, 2.45) is 0 Å².